The molecule has 1 aromatic carbocycles. The molecule has 1 aliphatic carbocycles. The molecule has 0 radical (unpaired) electrons. The molecule has 3 heteroatoms. The quantitative estimate of drug-likeness (QED) is 0.828. The summed E-state index contributed by atoms with van der Waals surface area (Å²) in [6.45, 7) is 0. The minimum Gasteiger partial charge on any atom is -0.476 e. The van der Waals surface area contributed by atoms with E-state index < -0.39 is 11.5 Å². The lowest BCUT2D eigenvalue weighted by molar-refractivity contribution is -0.571. The highest BCUT2D eigenvalue weighted by Crippen LogP contribution is 2.43. The molecule has 1 fully saturated rings. The van der Waals surface area contributed by atoms with Crippen LogP contribution in [-0.2, 0) is 4.79 Å². The molecule has 0 amide bonds. The normalized spacial score (nSPS) is 30.3. The molecule has 1 heterocycles. The lowest BCUT2D eigenvalue weighted by atomic mass is 9.72. The molecule has 2 atom stereocenters. The fourth-order valence-electron chi connectivity index (χ4n) is 3.92. The first-order chi connectivity index (χ1) is 9.16. The summed E-state index contributed by atoms with van der Waals surface area (Å²) < 4.78 is 2.05. The maximum absolute atomic E-state index is 11.9. The Morgan fingerprint density at radius 2 is 2.05 bits per heavy atom. The predicted octanol–water partition coefficient (Wildman–Crippen LogP) is 2.54. The monoisotopic (exact) mass is 258 g/mol. The average Bonchev–Trinajstić information content (AvgIpc) is 2.75. The fraction of sp³-hybridized carbons (Fsp3) is 0.500. The summed E-state index contributed by atoms with van der Waals surface area (Å²) >= 11 is 0. The van der Waals surface area contributed by atoms with Gasteiger partial charge >= 0.3 is 5.97 Å². The molecule has 1 aliphatic heterocycles. The van der Waals surface area contributed by atoms with Crippen LogP contribution in [0.25, 0.3) is 0 Å². The molecule has 0 bridgehead atoms. The molecule has 1 saturated carbocycles. The second-order valence-electron chi connectivity index (χ2n) is 5.75. The van der Waals surface area contributed by atoms with Gasteiger partial charge in [0.05, 0.1) is 0 Å². The molecule has 100 valence electrons. The zero-order chi connectivity index (χ0) is 13.5. The number of hydrogen-bond donors (Lipinski definition) is 1. The van der Waals surface area contributed by atoms with Crippen LogP contribution in [0.2, 0.25) is 0 Å². The van der Waals surface area contributed by atoms with Gasteiger partial charge in [-0.3, -0.25) is 0 Å². The number of rotatable bonds is 2. The minimum absolute atomic E-state index is 0.263. The van der Waals surface area contributed by atoms with Gasteiger partial charge in [0.2, 0.25) is 0 Å². The topological polar surface area (TPSA) is 40.3 Å². The second kappa shape index (κ2) is 4.48. The van der Waals surface area contributed by atoms with E-state index in [2.05, 4.69) is 16.7 Å². The maximum Gasteiger partial charge on any atom is 0.376 e. The van der Waals surface area contributed by atoms with Gasteiger partial charge in [-0.2, -0.15) is 0 Å². The van der Waals surface area contributed by atoms with Gasteiger partial charge < -0.3 is 5.11 Å². The molecular formula is C16H20NO2+. The van der Waals surface area contributed by atoms with E-state index >= 15 is 0 Å². The Balaban J connectivity index is 2.09. The van der Waals surface area contributed by atoms with Crippen molar-refractivity contribution >= 4 is 11.7 Å². The summed E-state index contributed by atoms with van der Waals surface area (Å²) in [5.41, 5.74) is 1.69. The lowest BCUT2D eigenvalue weighted by Crippen LogP contribution is -2.52. The standard InChI is InChI=1S/C16H19NO2/c1-17-14(12-7-3-2-4-8-12)11-13-9-5-6-10-16(13,17)15(18)19/h2-4,7-8,13H,5-6,9-11H2,1H3/p+1/t13-,16-/m0/s1. The van der Waals surface area contributed by atoms with Crippen molar-refractivity contribution in [2.75, 3.05) is 7.05 Å². The van der Waals surface area contributed by atoms with Gasteiger partial charge in [0.15, 0.2) is 5.71 Å². The van der Waals surface area contributed by atoms with Crippen molar-refractivity contribution < 1.29 is 14.5 Å². The van der Waals surface area contributed by atoms with Crippen LogP contribution < -0.4 is 0 Å². The number of carboxylic acid groups (broad SMARTS) is 1. The predicted molar refractivity (Wildman–Crippen MR) is 73.7 cm³/mol. The van der Waals surface area contributed by atoms with E-state index in [0.29, 0.717) is 0 Å². The second-order valence-corrected chi connectivity index (χ2v) is 5.75. The van der Waals surface area contributed by atoms with Crippen molar-refractivity contribution in [2.24, 2.45) is 5.92 Å². The Bertz CT molecular complexity index is 535. The van der Waals surface area contributed by atoms with Crippen LogP contribution in [0.3, 0.4) is 0 Å². The maximum atomic E-state index is 11.9. The molecule has 0 spiro atoms. The SMILES string of the molecule is C[N+]1=C(c2ccccc2)C[C@@H]2CCCC[C@@]21C(=O)O. The third kappa shape index (κ3) is 1.71. The summed E-state index contributed by atoms with van der Waals surface area (Å²) in [5.74, 6) is -0.385. The van der Waals surface area contributed by atoms with Crippen LogP contribution in [0.5, 0.6) is 0 Å². The summed E-state index contributed by atoms with van der Waals surface area (Å²) in [6, 6.07) is 10.2. The Morgan fingerprint density at radius 1 is 1.32 bits per heavy atom. The van der Waals surface area contributed by atoms with E-state index in [1.165, 1.54) is 11.3 Å². The first kappa shape index (κ1) is 12.4. The van der Waals surface area contributed by atoms with Gasteiger partial charge in [0.1, 0.15) is 7.05 Å². The molecule has 19 heavy (non-hydrogen) atoms. The van der Waals surface area contributed by atoms with Gasteiger partial charge in [0.25, 0.3) is 5.54 Å². The van der Waals surface area contributed by atoms with Crippen molar-refractivity contribution in [1.82, 2.24) is 0 Å². The molecule has 2 aliphatic rings. The molecule has 3 nitrogen and oxygen atoms in total. The highest BCUT2D eigenvalue weighted by Gasteiger charge is 2.60. The highest BCUT2D eigenvalue weighted by atomic mass is 16.4. The van der Waals surface area contributed by atoms with Crippen LogP contribution in [0.1, 0.15) is 37.7 Å². The molecule has 1 N–H and O–H groups in total. The van der Waals surface area contributed by atoms with Gasteiger partial charge in [-0.1, -0.05) is 24.6 Å². The van der Waals surface area contributed by atoms with Gasteiger partial charge in [-0.05, 0) is 25.0 Å². The number of carboxylic acids is 1. The van der Waals surface area contributed by atoms with Gasteiger partial charge in [-0.25, -0.2) is 9.37 Å². The molecule has 0 saturated heterocycles. The van der Waals surface area contributed by atoms with E-state index in [9.17, 15) is 9.90 Å². The van der Waals surface area contributed by atoms with Crippen molar-refractivity contribution in [3.8, 4) is 0 Å². The Labute approximate surface area is 113 Å². The Morgan fingerprint density at radius 3 is 2.68 bits per heavy atom. The smallest absolute Gasteiger partial charge is 0.376 e. The molecule has 0 unspecified atom stereocenters. The van der Waals surface area contributed by atoms with E-state index in [4.69, 9.17) is 0 Å². The highest BCUT2D eigenvalue weighted by molar-refractivity contribution is 6.00. The van der Waals surface area contributed by atoms with Crippen molar-refractivity contribution in [3.05, 3.63) is 35.9 Å². The Hall–Kier alpha value is -1.64. The Kier molecular flexibility index (Phi) is 2.92. The van der Waals surface area contributed by atoms with E-state index in [0.717, 1.165) is 32.1 Å². The molecule has 1 aromatic rings. The van der Waals surface area contributed by atoms with Crippen LogP contribution in [0, 0.1) is 5.92 Å². The van der Waals surface area contributed by atoms with Crippen molar-refractivity contribution in [1.29, 1.82) is 0 Å². The van der Waals surface area contributed by atoms with Crippen molar-refractivity contribution in [2.45, 2.75) is 37.6 Å². The number of likely N-dealkylation sites (N-methyl/N-ethyl adjacent to an activating group) is 1. The van der Waals surface area contributed by atoms with Crippen molar-refractivity contribution in [3.63, 3.8) is 0 Å². The summed E-state index contributed by atoms with van der Waals surface area (Å²) in [4.78, 5) is 11.9. The van der Waals surface area contributed by atoms with E-state index in [1.807, 2.05) is 25.2 Å². The number of fused-ring (bicyclic) bond motifs is 1. The number of aliphatic carboxylic acids is 1. The number of nitrogens with zero attached hydrogens (tertiary/aromatic N) is 1. The van der Waals surface area contributed by atoms with Gasteiger partial charge in [0, 0.05) is 24.3 Å². The van der Waals surface area contributed by atoms with Crippen LogP contribution in [0.4, 0.5) is 0 Å². The van der Waals surface area contributed by atoms with E-state index in [1.54, 1.807) is 0 Å². The number of carbonyl (C=O) groups is 1. The summed E-state index contributed by atoms with van der Waals surface area (Å²) in [5, 5.41) is 9.78. The number of benzene rings is 1. The van der Waals surface area contributed by atoms with E-state index in [-0.39, 0.29) is 5.92 Å². The van der Waals surface area contributed by atoms with Crippen LogP contribution in [0.15, 0.2) is 30.3 Å². The van der Waals surface area contributed by atoms with Crippen LogP contribution >= 0.6 is 0 Å². The molecule has 0 aromatic heterocycles. The van der Waals surface area contributed by atoms with Gasteiger partial charge in [-0.15, -0.1) is 0 Å². The molecular weight excluding hydrogens is 238 g/mol. The minimum atomic E-state index is -0.663. The fourth-order valence-corrected chi connectivity index (χ4v) is 3.92. The third-order valence-electron chi connectivity index (χ3n) is 4.96. The zero-order valence-electron chi connectivity index (χ0n) is 11.3. The van der Waals surface area contributed by atoms with Crippen LogP contribution in [-0.4, -0.2) is 33.9 Å². The zero-order valence-corrected chi connectivity index (χ0v) is 11.3. The first-order valence-corrected chi connectivity index (χ1v) is 7.05. The summed E-state index contributed by atoms with van der Waals surface area (Å²) in [6.07, 6.45) is 4.89. The average molecular weight is 258 g/mol. The first-order valence-electron chi connectivity index (χ1n) is 7.05. The molecule has 3 rings (SSSR count). The lowest BCUT2D eigenvalue weighted by Gasteiger charge is -2.31. The number of hydrogen-bond acceptors (Lipinski definition) is 1. The largest absolute Gasteiger partial charge is 0.476 e. The third-order valence-corrected chi connectivity index (χ3v) is 4.96. The summed E-state index contributed by atoms with van der Waals surface area (Å²) in [7, 11) is 1.96.